The molecular weight excluding hydrogens is 192 g/mol. The van der Waals surface area contributed by atoms with Crippen LogP contribution in [-0.4, -0.2) is 21.6 Å². The first-order valence-corrected chi connectivity index (χ1v) is 5.55. The molecule has 1 aromatic rings. The normalized spacial score (nSPS) is 10.5. The zero-order valence-electron chi connectivity index (χ0n) is 7.14. The second kappa shape index (κ2) is 5.49. The Hall–Kier alpha value is -0.150. The molecular formula is C8H13ClN2S. The van der Waals surface area contributed by atoms with Gasteiger partial charge >= 0.3 is 0 Å². The van der Waals surface area contributed by atoms with Crippen LogP contribution in [0.1, 0.15) is 18.7 Å². The van der Waals surface area contributed by atoms with Gasteiger partial charge in [-0.2, -0.15) is 0 Å². The van der Waals surface area contributed by atoms with Crippen LogP contribution in [-0.2, 0) is 0 Å². The predicted octanol–water partition coefficient (Wildman–Crippen LogP) is 2.83. The third kappa shape index (κ3) is 3.50. The van der Waals surface area contributed by atoms with Crippen LogP contribution < -0.4 is 0 Å². The summed E-state index contributed by atoms with van der Waals surface area (Å²) in [7, 11) is 0. The number of nitrogens with one attached hydrogen (secondary N) is 1. The van der Waals surface area contributed by atoms with Crippen molar-refractivity contribution < 1.29 is 0 Å². The summed E-state index contributed by atoms with van der Waals surface area (Å²) in [6, 6.07) is 0. The van der Waals surface area contributed by atoms with Crippen molar-refractivity contribution in [3.63, 3.8) is 0 Å². The van der Waals surface area contributed by atoms with Gasteiger partial charge in [0, 0.05) is 5.88 Å². The van der Waals surface area contributed by atoms with Gasteiger partial charge in [-0.25, -0.2) is 4.98 Å². The molecule has 0 saturated heterocycles. The lowest BCUT2D eigenvalue weighted by atomic mass is 10.4. The second-order valence-electron chi connectivity index (χ2n) is 2.58. The summed E-state index contributed by atoms with van der Waals surface area (Å²) in [5, 5.41) is 1.15. The van der Waals surface area contributed by atoms with E-state index >= 15 is 0 Å². The highest BCUT2D eigenvalue weighted by Crippen LogP contribution is 2.16. The molecule has 0 spiro atoms. The number of imidazole rings is 1. The Bertz CT molecular complexity index is 225. The summed E-state index contributed by atoms with van der Waals surface area (Å²) in [5.74, 6) is 2.87. The minimum absolute atomic E-state index is 0.766. The van der Waals surface area contributed by atoms with Crippen LogP contribution in [0.3, 0.4) is 0 Å². The maximum atomic E-state index is 5.56. The Labute approximate surface area is 82.1 Å². The number of hydrogen-bond acceptors (Lipinski definition) is 2. The fourth-order valence-electron chi connectivity index (χ4n) is 0.850. The predicted molar refractivity (Wildman–Crippen MR) is 54.0 cm³/mol. The number of aromatic amines is 1. The first-order valence-electron chi connectivity index (χ1n) is 4.03. The van der Waals surface area contributed by atoms with Crippen LogP contribution in [0.5, 0.6) is 0 Å². The Balaban J connectivity index is 2.15. The largest absolute Gasteiger partial charge is 0.337 e. The van der Waals surface area contributed by atoms with E-state index in [1.54, 1.807) is 11.8 Å². The summed E-state index contributed by atoms with van der Waals surface area (Å²) in [4.78, 5) is 7.28. The number of thioether (sulfide) groups is 1. The van der Waals surface area contributed by atoms with Crippen molar-refractivity contribution in [3.05, 3.63) is 12.0 Å². The Morgan fingerprint density at radius 3 is 3.00 bits per heavy atom. The molecule has 68 valence electrons. The van der Waals surface area contributed by atoms with Gasteiger partial charge < -0.3 is 4.98 Å². The molecule has 1 heterocycles. The SMILES string of the molecule is Cc1ncc(SCCCCCl)[nH]1. The quantitative estimate of drug-likeness (QED) is 0.454. The first kappa shape index (κ1) is 9.93. The van der Waals surface area contributed by atoms with Gasteiger partial charge in [0.05, 0.1) is 11.2 Å². The molecule has 0 amide bonds. The molecule has 0 bridgehead atoms. The minimum Gasteiger partial charge on any atom is -0.337 e. The molecule has 0 atom stereocenters. The Kier molecular flexibility index (Phi) is 4.54. The van der Waals surface area contributed by atoms with Crippen molar-refractivity contribution >= 4 is 23.4 Å². The van der Waals surface area contributed by atoms with E-state index in [2.05, 4.69) is 9.97 Å². The molecule has 0 fully saturated rings. The van der Waals surface area contributed by atoms with E-state index in [0.29, 0.717) is 0 Å². The number of alkyl halides is 1. The lowest BCUT2D eigenvalue weighted by Crippen LogP contribution is -1.81. The van der Waals surface area contributed by atoms with Gasteiger partial charge in [-0.1, -0.05) is 0 Å². The third-order valence-electron chi connectivity index (χ3n) is 1.47. The molecule has 0 radical (unpaired) electrons. The van der Waals surface area contributed by atoms with E-state index in [4.69, 9.17) is 11.6 Å². The summed E-state index contributed by atoms with van der Waals surface area (Å²) in [6.45, 7) is 1.96. The van der Waals surface area contributed by atoms with Gasteiger partial charge in [0.25, 0.3) is 0 Å². The molecule has 4 heteroatoms. The number of halogens is 1. The lowest BCUT2D eigenvalue weighted by molar-refractivity contribution is 0.901. The zero-order valence-corrected chi connectivity index (χ0v) is 8.71. The second-order valence-corrected chi connectivity index (χ2v) is 4.09. The highest BCUT2D eigenvalue weighted by molar-refractivity contribution is 7.99. The highest BCUT2D eigenvalue weighted by atomic mass is 35.5. The summed E-state index contributed by atoms with van der Waals surface area (Å²) < 4.78 is 0. The monoisotopic (exact) mass is 204 g/mol. The molecule has 0 aliphatic carbocycles. The molecule has 1 rings (SSSR count). The number of aromatic nitrogens is 2. The smallest absolute Gasteiger partial charge is 0.103 e. The molecule has 1 aromatic heterocycles. The number of rotatable bonds is 5. The van der Waals surface area contributed by atoms with E-state index in [1.807, 2.05) is 13.1 Å². The van der Waals surface area contributed by atoms with Crippen molar-refractivity contribution in [1.82, 2.24) is 9.97 Å². The number of H-pyrrole nitrogens is 1. The topological polar surface area (TPSA) is 28.7 Å². The van der Waals surface area contributed by atoms with Gasteiger partial charge in [-0.3, -0.25) is 0 Å². The molecule has 0 aliphatic rings. The van der Waals surface area contributed by atoms with E-state index in [9.17, 15) is 0 Å². The lowest BCUT2D eigenvalue weighted by Gasteiger charge is -1.95. The van der Waals surface area contributed by atoms with Gasteiger partial charge in [0.2, 0.25) is 0 Å². The van der Waals surface area contributed by atoms with Crippen LogP contribution in [0, 0.1) is 6.92 Å². The van der Waals surface area contributed by atoms with Crippen molar-refractivity contribution in [2.24, 2.45) is 0 Å². The van der Waals surface area contributed by atoms with Crippen LogP contribution >= 0.6 is 23.4 Å². The van der Waals surface area contributed by atoms with Crippen LogP contribution in [0.25, 0.3) is 0 Å². The molecule has 12 heavy (non-hydrogen) atoms. The average molecular weight is 205 g/mol. The fourth-order valence-corrected chi connectivity index (χ4v) is 1.95. The molecule has 0 unspecified atom stereocenters. The van der Waals surface area contributed by atoms with Crippen LogP contribution in [0.15, 0.2) is 11.2 Å². The van der Waals surface area contributed by atoms with Crippen LogP contribution in [0.4, 0.5) is 0 Å². The van der Waals surface area contributed by atoms with Crippen molar-refractivity contribution in [2.75, 3.05) is 11.6 Å². The Morgan fingerprint density at radius 1 is 1.58 bits per heavy atom. The Morgan fingerprint density at radius 2 is 2.42 bits per heavy atom. The van der Waals surface area contributed by atoms with Crippen molar-refractivity contribution in [3.8, 4) is 0 Å². The van der Waals surface area contributed by atoms with E-state index in [-0.39, 0.29) is 0 Å². The third-order valence-corrected chi connectivity index (χ3v) is 2.74. The van der Waals surface area contributed by atoms with Gasteiger partial charge in [0.1, 0.15) is 5.82 Å². The maximum Gasteiger partial charge on any atom is 0.103 e. The molecule has 0 saturated carbocycles. The highest BCUT2D eigenvalue weighted by Gasteiger charge is 1.96. The van der Waals surface area contributed by atoms with Gasteiger partial charge in [-0.15, -0.1) is 23.4 Å². The number of hydrogen-bond donors (Lipinski definition) is 1. The number of nitrogens with zero attached hydrogens (tertiary/aromatic N) is 1. The van der Waals surface area contributed by atoms with E-state index in [0.717, 1.165) is 28.9 Å². The van der Waals surface area contributed by atoms with Gasteiger partial charge in [0.15, 0.2) is 0 Å². The van der Waals surface area contributed by atoms with E-state index < -0.39 is 0 Å². The molecule has 2 nitrogen and oxygen atoms in total. The molecule has 0 aliphatic heterocycles. The summed E-state index contributed by atoms with van der Waals surface area (Å²) in [6.07, 6.45) is 4.15. The van der Waals surface area contributed by atoms with E-state index in [1.165, 1.54) is 6.42 Å². The fraction of sp³-hybridized carbons (Fsp3) is 0.625. The first-order chi connectivity index (χ1) is 5.83. The zero-order chi connectivity index (χ0) is 8.81. The minimum atomic E-state index is 0.766. The molecule has 1 N–H and O–H groups in total. The standard InChI is InChI=1S/C8H13ClN2S/c1-7-10-6-8(11-7)12-5-3-2-4-9/h6H,2-5H2,1H3,(H,10,11). The van der Waals surface area contributed by atoms with Gasteiger partial charge in [-0.05, 0) is 25.5 Å². The number of aryl methyl sites for hydroxylation is 1. The summed E-state index contributed by atoms with van der Waals surface area (Å²) in [5.41, 5.74) is 0. The average Bonchev–Trinajstić information content (AvgIpc) is 2.45. The summed E-state index contributed by atoms with van der Waals surface area (Å²) >= 11 is 7.36. The maximum absolute atomic E-state index is 5.56. The van der Waals surface area contributed by atoms with Crippen LogP contribution in [0.2, 0.25) is 0 Å². The van der Waals surface area contributed by atoms with Crippen molar-refractivity contribution in [2.45, 2.75) is 24.8 Å². The number of unbranched alkanes of at least 4 members (excludes halogenated alkanes) is 1. The molecule has 0 aromatic carbocycles. The van der Waals surface area contributed by atoms with Crippen molar-refractivity contribution in [1.29, 1.82) is 0 Å².